The van der Waals surface area contributed by atoms with E-state index in [9.17, 15) is 8.42 Å². The molecule has 18 heavy (non-hydrogen) atoms. The smallest absolute Gasteiger partial charge is 0.152 e. The van der Waals surface area contributed by atoms with E-state index in [1.807, 2.05) is 11.8 Å². The lowest BCUT2D eigenvalue weighted by atomic mass is 9.92. The third-order valence-electron chi connectivity index (χ3n) is 4.06. The maximum atomic E-state index is 11.9. The molecule has 0 spiro atoms. The Labute approximate surface area is 115 Å². The highest BCUT2D eigenvalue weighted by molar-refractivity contribution is 8.00. The summed E-state index contributed by atoms with van der Waals surface area (Å²) in [5.74, 6) is 0.586. The zero-order chi connectivity index (χ0) is 13.4. The summed E-state index contributed by atoms with van der Waals surface area (Å²) in [5.41, 5.74) is 5.66. The van der Waals surface area contributed by atoms with Crippen molar-refractivity contribution in [2.45, 2.75) is 42.7 Å². The maximum absolute atomic E-state index is 11.9. The SMILES string of the molecule is CC1CN(C2(CN)CCCS(=O)(=O)C2)CC(C)S1. The molecule has 2 N–H and O–H groups in total. The fraction of sp³-hybridized carbons (Fsp3) is 1.00. The van der Waals surface area contributed by atoms with Gasteiger partial charge >= 0.3 is 0 Å². The standard InChI is InChI=1S/C12H24N2O2S2/c1-10-6-14(7-11(2)17-10)12(8-13)4-3-5-18(15,16)9-12/h10-11H,3-9,13H2,1-2H3. The van der Waals surface area contributed by atoms with Crippen molar-refractivity contribution in [1.29, 1.82) is 0 Å². The number of hydrogen-bond acceptors (Lipinski definition) is 5. The number of rotatable bonds is 2. The van der Waals surface area contributed by atoms with Gasteiger partial charge in [-0.3, -0.25) is 4.90 Å². The third-order valence-corrected chi connectivity index (χ3v) is 7.17. The molecule has 0 aromatic heterocycles. The first-order valence-electron chi connectivity index (χ1n) is 6.68. The molecule has 2 heterocycles. The molecule has 2 saturated heterocycles. The summed E-state index contributed by atoms with van der Waals surface area (Å²) >= 11 is 1.99. The Morgan fingerprint density at radius 1 is 1.33 bits per heavy atom. The van der Waals surface area contributed by atoms with E-state index in [1.54, 1.807) is 0 Å². The summed E-state index contributed by atoms with van der Waals surface area (Å²) in [5, 5.41) is 1.11. The van der Waals surface area contributed by atoms with Crippen molar-refractivity contribution in [3.05, 3.63) is 0 Å². The van der Waals surface area contributed by atoms with Gasteiger partial charge in [0.15, 0.2) is 9.84 Å². The highest BCUT2D eigenvalue weighted by Gasteiger charge is 2.44. The Morgan fingerprint density at radius 3 is 2.44 bits per heavy atom. The van der Waals surface area contributed by atoms with E-state index in [-0.39, 0.29) is 11.3 Å². The van der Waals surface area contributed by atoms with Crippen LogP contribution in [0.5, 0.6) is 0 Å². The zero-order valence-electron chi connectivity index (χ0n) is 11.3. The lowest BCUT2D eigenvalue weighted by molar-refractivity contribution is 0.0978. The molecule has 4 nitrogen and oxygen atoms in total. The Balaban J connectivity index is 2.21. The molecule has 0 aromatic carbocycles. The molecule has 0 aliphatic carbocycles. The van der Waals surface area contributed by atoms with Crippen molar-refractivity contribution in [1.82, 2.24) is 4.90 Å². The van der Waals surface area contributed by atoms with Gasteiger partial charge < -0.3 is 5.73 Å². The predicted octanol–water partition coefficient (Wildman–Crippen LogP) is 0.718. The summed E-state index contributed by atoms with van der Waals surface area (Å²) in [6.07, 6.45) is 1.68. The normalized spacial score (nSPS) is 41.7. The Bertz CT molecular complexity index is 389. The van der Waals surface area contributed by atoms with Gasteiger partial charge in [-0.15, -0.1) is 0 Å². The van der Waals surface area contributed by atoms with Crippen LogP contribution in [-0.2, 0) is 9.84 Å². The largest absolute Gasteiger partial charge is 0.329 e. The first-order chi connectivity index (χ1) is 8.37. The molecule has 2 aliphatic heterocycles. The van der Waals surface area contributed by atoms with Crippen LogP contribution in [-0.4, -0.2) is 60.5 Å². The quantitative estimate of drug-likeness (QED) is 0.812. The molecule has 0 amide bonds. The van der Waals surface area contributed by atoms with Gasteiger partial charge in [-0.05, 0) is 12.8 Å². The van der Waals surface area contributed by atoms with Crippen molar-refractivity contribution >= 4 is 21.6 Å². The molecule has 0 aromatic rings. The van der Waals surface area contributed by atoms with Crippen LogP contribution in [0.4, 0.5) is 0 Å². The topological polar surface area (TPSA) is 63.4 Å². The van der Waals surface area contributed by atoms with Crippen LogP contribution in [0.15, 0.2) is 0 Å². The second-order valence-electron chi connectivity index (χ2n) is 5.79. The van der Waals surface area contributed by atoms with E-state index < -0.39 is 9.84 Å². The lowest BCUT2D eigenvalue weighted by Crippen LogP contribution is -2.63. The molecule has 106 valence electrons. The second kappa shape index (κ2) is 5.31. The number of thioether (sulfide) groups is 1. The van der Waals surface area contributed by atoms with Crippen LogP contribution in [0.2, 0.25) is 0 Å². The van der Waals surface area contributed by atoms with Gasteiger partial charge in [0.25, 0.3) is 0 Å². The van der Waals surface area contributed by atoms with Crippen LogP contribution in [0.1, 0.15) is 26.7 Å². The van der Waals surface area contributed by atoms with Crippen molar-refractivity contribution in [3.63, 3.8) is 0 Å². The third kappa shape index (κ3) is 3.03. The van der Waals surface area contributed by atoms with Crippen molar-refractivity contribution in [2.75, 3.05) is 31.1 Å². The van der Waals surface area contributed by atoms with Gasteiger partial charge in [-0.1, -0.05) is 13.8 Å². The molecular formula is C12H24N2O2S2. The highest BCUT2D eigenvalue weighted by atomic mass is 32.2. The summed E-state index contributed by atoms with van der Waals surface area (Å²) in [6.45, 7) is 6.81. The molecular weight excluding hydrogens is 268 g/mol. The van der Waals surface area contributed by atoms with Crippen molar-refractivity contribution < 1.29 is 8.42 Å². The minimum absolute atomic E-state index is 0.251. The van der Waals surface area contributed by atoms with Gasteiger partial charge in [0.2, 0.25) is 0 Å². The highest BCUT2D eigenvalue weighted by Crippen LogP contribution is 2.34. The Kier molecular flexibility index (Phi) is 4.31. The molecule has 0 bridgehead atoms. The summed E-state index contributed by atoms with van der Waals surface area (Å²) in [6, 6.07) is 0. The van der Waals surface area contributed by atoms with Crippen molar-refractivity contribution in [3.8, 4) is 0 Å². The van der Waals surface area contributed by atoms with Gasteiger partial charge in [0, 0.05) is 35.7 Å². The molecule has 3 unspecified atom stereocenters. The van der Waals surface area contributed by atoms with Crippen LogP contribution in [0.3, 0.4) is 0 Å². The van der Waals surface area contributed by atoms with E-state index in [2.05, 4.69) is 18.7 Å². The molecule has 2 aliphatic rings. The number of sulfone groups is 1. The molecule has 0 saturated carbocycles. The number of nitrogens with zero attached hydrogens (tertiary/aromatic N) is 1. The van der Waals surface area contributed by atoms with Crippen LogP contribution in [0.25, 0.3) is 0 Å². The van der Waals surface area contributed by atoms with E-state index in [0.29, 0.717) is 22.8 Å². The lowest BCUT2D eigenvalue weighted by Gasteiger charge is -2.49. The van der Waals surface area contributed by atoms with Gasteiger partial charge in [-0.2, -0.15) is 11.8 Å². The second-order valence-corrected chi connectivity index (χ2v) is 9.85. The first-order valence-corrected chi connectivity index (χ1v) is 9.44. The van der Waals surface area contributed by atoms with Gasteiger partial charge in [0.1, 0.15) is 0 Å². The molecule has 3 atom stereocenters. The van der Waals surface area contributed by atoms with Crippen molar-refractivity contribution in [2.24, 2.45) is 5.73 Å². The average molecular weight is 292 g/mol. The van der Waals surface area contributed by atoms with E-state index >= 15 is 0 Å². The summed E-state index contributed by atoms with van der Waals surface area (Å²) < 4.78 is 23.9. The maximum Gasteiger partial charge on any atom is 0.152 e. The summed E-state index contributed by atoms with van der Waals surface area (Å²) in [7, 11) is -2.92. The van der Waals surface area contributed by atoms with Gasteiger partial charge in [0.05, 0.1) is 11.5 Å². The Morgan fingerprint density at radius 2 is 1.94 bits per heavy atom. The number of nitrogens with two attached hydrogens (primary N) is 1. The first kappa shape index (κ1) is 14.6. The molecule has 2 rings (SSSR count). The molecule has 2 fully saturated rings. The van der Waals surface area contributed by atoms with E-state index in [1.165, 1.54) is 0 Å². The van der Waals surface area contributed by atoms with Crippen LogP contribution < -0.4 is 5.73 Å². The van der Waals surface area contributed by atoms with E-state index in [0.717, 1.165) is 25.9 Å². The van der Waals surface area contributed by atoms with Gasteiger partial charge in [-0.25, -0.2) is 8.42 Å². The van der Waals surface area contributed by atoms with E-state index in [4.69, 9.17) is 5.73 Å². The predicted molar refractivity (Wildman–Crippen MR) is 77.8 cm³/mol. The summed E-state index contributed by atoms with van der Waals surface area (Å²) in [4.78, 5) is 2.36. The zero-order valence-corrected chi connectivity index (χ0v) is 12.9. The minimum atomic E-state index is -2.92. The molecule has 6 heteroatoms. The Hall–Kier alpha value is 0.220. The molecule has 0 radical (unpaired) electrons. The minimum Gasteiger partial charge on any atom is -0.329 e. The fourth-order valence-electron chi connectivity index (χ4n) is 3.28. The average Bonchev–Trinajstić information content (AvgIpc) is 2.26. The fourth-order valence-corrected chi connectivity index (χ4v) is 6.60. The monoisotopic (exact) mass is 292 g/mol. The van der Waals surface area contributed by atoms with Crippen LogP contribution >= 0.6 is 11.8 Å². The van der Waals surface area contributed by atoms with Crippen LogP contribution in [0, 0.1) is 0 Å². The number of hydrogen-bond donors (Lipinski definition) is 1.